The number of aliphatic hydroxyl groups excluding tert-OH is 1. The Kier molecular flexibility index (Phi) is 5.94. The summed E-state index contributed by atoms with van der Waals surface area (Å²) in [5.41, 5.74) is -0.0812. The Morgan fingerprint density at radius 2 is 2.05 bits per heavy atom. The van der Waals surface area contributed by atoms with Gasteiger partial charge in [0.2, 0.25) is 10.0 Å². The van der Waals surface area contributed by atoms with E-state index >= 15 is 0 Å². The van der Waals surface area contributed by atoms with Gasteiger partial charge in [0.15, 0.2) is 0 Å². The highest BCUT2D eigenvalue weighted by Crippen LogP contribution is 2.16. The van der Waals surface area contributed by atoms with Crippen molar-refractivity contribution in [2.45, 2.75) is 44.7 Å². The number of aromatic nitrogens is 1. The van der Waals surface area contributed by atoms with E-state index in [1.54, 1.807) is 6.92 Å². The smallest absolute Gasteiger partial charge is 0.352 e. The number of rotatable bonds is 8. The summed E-state index contributed by atoms with van der Waals surface area (Å²) >= 11 is 0. The molecule has 0 spiro atoms. The number of hydrogen-bond donors (Lipinski definition) is 3. The first-order valence-corrected chi connectivity index (χ1v) is 8.26. The second-order valence-electron chi connectivity index (χ2n) is 5.28. The van der Waals surface area contributed by atoms with Crippen LogP contribution in [0.1, 0.15) is 37.7 Å². The second kappa shape index (κ2) is 7.06. The van der Waals surface area contributed by atoms with Gasteiger partial charge in [0.1, 0.15) is 10.6 Å². The molecule has 0 aliphatic rings. The van der Waals surface area contributed by atoms with Crippen LogP contribution in [0, 0.1) is 5.92 Å². The lowest BCUT2D eigenvalue weighted by Crippen LogP contribution is -2.38. The number of aliphatic hydroxyl groups is 1. The number of nitrogens with one attached hydrogen (secondary N) is 1. The summed E-state index contributed by atoms with van der Waals surface area (Å²) in [6.45, 7) is 5.62. The molecule has 1 rings (SSSR count). The molecule has 0 saturated heterocycles. The third-order valence-corrected chi connectivity index (χ3v) is 4.53. The first kappa shape index (κ1) is 17.7. The fourth-order valence-electron chi connectivity index (χ4n) is 2.09. The van der Waals surface area contributed by atoms with Gasteiger partial charge in [-0.15, -0.1) is 0 Å². The van der Waals surface area contributed by atoms with Crippen LogP contribution in [-0.2, 0) is 16.6 Å². The van der Waals surface area contributed by atoms with Gasteiger partial charge in [0.25, 0.3) is 0 Å². The van der Waals surface area contributed by atoms with Gasteiger partial charge in [-0.1, -0.05) is 13.8 Å². The molecule has 1 unspecified atom stereocenters. The zero-order valence-electron chi connectivity index (χ0n) is 12.4. The number of carboxylic acid groups (broad SMARTS) is 1. The van der Waals surface area contributed by atoms with Crippen molar-refractivity contribution in [2.24, 2.45) is 5.92 Å². The molecule has 0 fully saturated rings. The van der Waals surface area contributed by atoms with Crippen LogP contribution in [0.15, 0.2) is 17.2 Å². The zero-order valence-corrected chi connectivity index (χ0v) is 13.2. The Morgan fingerprint density at radius 1 is 1.43 bits per heavy atom. The molecular formula is C13H22N2O5S. The molecule has 21 heavy (non-hydrogen) atoms. The van der Waals surface area contributed by atoms with E-state index in [9.17, 15) is 18.3 Å². The minimum atomic E-state index is -3.86. The van der Waals surface area contributed by atoms with E-state index in [1.807, 2.05) is 13.8 Å². The fourth-order valence-corrected chi connectivity index (χ4v) is 3.37. The maximum Gasteiger partial charge on any atom is 0.352 e. The van der Waals surface area contributed by atoms with E-state index in [2.05, 4.69) is 4.72 Å². The topological polar surface area (TPSA) is 109 Å². The van der Waals surface area contributed by atoms with Gasteiger partial charge in [-0.25, -0.2) is 17.9 Å². The lowest BCUT2D eigenvalue weighted by atomic mass is 10.1. The average Bonchev–Trinajstić information content (AvgIpc) is 2.82. The Bertz CT molecular complexity index is 592. The summed E-state index contributed by atoms with van der Waals surface area (Å²) in [6.07, 6.45) is 1.78. The lowest BCUT2D eigenvalue weighted by molar-refractivity contribution is 0.0685. The number of aromatic carboxylic acids is 1. The maximum absolute atomic E-state index is 12.3. The largest absolute Gasteiger partial charge is 0.477 e. The fraction of sp³-hybridized carbons (Fsp3) is 0.615. The molecule has 0 aliphatic carbocycles. The molecular weight excluding hydrogens is 296 g/mol. The molecule has 120 valence electrons. The van der Waals surface area contributed by atoms with Crippen molar-refractivity contribution in [3.8, 4) is 0 Å². The SMILES string of the molecule is CCn1cc(S(=O)(=O)NC(CO)CC(C)C)cc1C(=O)O. The van der Waals surface area contributed by atoms with Crippen molar-refractivity contribution in [3.05, 3.63) is 18.0 Å². The first-order chi connectivity index (χ1) is 9.71. The highest BCUT2D eigenvalue weighted by molar-refractivity contribution is 7.89. The van der Waals surface area contributed by atoms with Gasteiger partial charge >= 0.3 is 5.97 Å². The monoisotopic (exact) mass is 318 g/mol. The first-order valence-electron chi connectivity index (χ1n) is 6.77. The molecule has 1 atom stereocenters. The summed E-state index contributed by atoms with van der Waals surface area (Å²) < 4.78 is 28.3. The molecule has 0 radical (unpaired) electrons. The normalized spacial score (nSPS) is 13.6. The van der Waals surface area contributed by atoms with Crippen LogP contribution in [0.4, 0.5) is 0 Å². The highest BCUT2D eigenvalue weighted by Gasteiger charge is 2.24. The van der Waals surface area contributed by atoms with Crippen molar-refractivity contribution in [2.75, 3.05) is 6.61 Å². The van der Waals surface area contributed by atoms with Crippen molar-refractivity contribution in [1.82, 2.24) is 9.29 Å². The van der Waals surface area contributed by atoms with Crippen LogP contribution < -0.4 is 4.72 Å². The number of hydrogen-bond acceptors (Lipinski definition) is 4. The Hall–Kier alpha value is -1.38. The molecule has 0 aliphatic heterocycles. The van der Waals surface area contributed by atoms with Crippen LogP contribution in [0.5, 0.6) is 0 Å². The third kappa shape index (κ3) is 4.55. The standard InChI is InChI=1S/C13H22N2O5S/c1-4-15-7-11(6-12(15)13(17)18)21(19,20)14-10(8-16)5-9(2)3/h6-7,9-10,14,16H,4-5,8H2,1-3H3,(H,17,18). The van der Waals surface area contributed by atoms with E-state index < -0.39 is 22.0 Å². The van der Waals surface area contributed by atoms with Crippen LogP contribution in [0.2, 0.25) is 0 Å². The Labute approximate surface area is 124 Å². The molecule has 1 heterocycles. The maximum atomic E-state index is 12.3. The molecule has 0 aromatic carbocycles. The predicted octanol–water partition coefficient (Wildman–Crippen LogP) is 0.891. The van der Waals surface area contributed by atoms with E-state index in [1.165, 1.54) is 10.8 Å². The predicted molar refractivity (Wildman–Crippen MR) is 77.7 cm³/mol. The van der Waals surface area contributed by atoms with Gasteiger partial charge in [-0.05, 0) is 25.3 Å². The highest BCUT2D eigenvalue weighted by atomic mass is 32.2. The number of carbonyl (C=O) groups is 1. The average molecular weight is 318 g/mol. The van der Waals surface area contributed by atoms with E-state index in [0.29, 0.717) is 13.0 Å². The van der Waals surface area contributed by atoms with Gasteiger partial charge in [0.05, 0.1) is 6.61 Å². The third-order valence-electron chi connectivity index (χ3n) is 3.04. The molecule has 3 N–H and O–H groups in total. The van der Waals surface area contributed by atoms with Crippen molar-refractivity contribution >= 4 is 16.0 Å². The van der Waals surface area contributed by atoms with Crippen LogP contribution in [-0.4, -0.2) is 41.8 Å². The van der Waals surface area contributed by atoms with Crippen LogP contribution >= 0.6 is 0 Å². The molecule has 1 aromatic heterocycles. The molecule has 1 aromatic rings. The molecule has 8 heteroatoms. The quantitative estimate of drug-likeness (QED) is 0.659. The Balaban J connectivity index is 3.05. The molecule has 0 bridgehead atoms. The number of aryl methyl sites for hydroxylation is 1. The lowest BCUT2D eigenvalue weighted by Gasteiger charge is -2.17. The summed E-state index contributed by atoms with van der Waals surface area (Å²) in [5, 5.41) is 18.3. The summed E-state index contributed by atoms with van der Waals surface area (Å²) in [6, 6.07) is 0.533. The summed E-state index contributed by atoms with van der Waals surface area (Å²) in [7, 11) is -3.86. The molecule has 0 saturated carbocycles. The number of nitrogens with zero attached hydrogens (tertiary/aromatic N) is 1. The molecule has 7 nitrogen and oxygen atoms in total. The number of carboxylic acids is 1. The van der Waals surface area contributed by atoms with Crippen molar-refractivity contribution < 1.29 is 23.4 Å². The van der Waals surface area contributed by atoms with E-state index in [0.717, 1.165) is 6.07 Å². The minimum Gasteiger partial charge on any atom is -0.477 e. The zero-order chi connectivity index (χ0) is 16.2. The van der Waals surface area contributed by atoms with Gasteiger partial charge in [-0.3, -0.25) is 0 Å². The second-order valence-corrected chi connectivity index (χ2v) is 7.00. The van der Waals surface area contributed by atoms with E-state index in [-0.39, 0.29) is 23.1 Å². The van der Waals surface area contributed by atoms with Crippen LogP contribution in [0.3, 0.4) is 0 Å². The number of sulfonamides is 1. The van der Waals surface area contributed by atoms with E-state index in [4.69, 9.17) is 5.11 Å². The van der Waals surface area contributed by atoms with Gasteiger partial charge in [-0.2, -0.15) is 0 Å². The summed E-state index contributed by atoms with van der Waals surface area (Å²) in [4.78, 5) is 11.0. The molecule has 0 amide bonds. The van der Waals surface area contributed by atoms with Gasteiger partial charge < -0.3 is 14.8 Å². The summed E-state index contributed by atoms with van der Waals surface area (Å²) in [5.74, 6) is -0.959. The van der Waals surface area contributed by atoms with Gasteiger partial charge in [0, 0.05) is 18.8 Å². The van der Waals surface area contributed by atoms with Crippen molar-refractivity contribution in [3.63, 3.8) is 0 Å². The minimum absolute atomic E-state index is 0.0812. The van der Waals surface area contributed by atoms with Crippen LogP contribution in [0.25, 0.3) is 0 Å². The van der Waals surface area contributed by atoms with Crippen molar-refractivity contribution in [1.29, 1.82) is 0 Å². The Morgan fingerprint density at radius 3 is 2.43 bits per heavy atom.